The molecule has 118 valence electrons. The summed E-state index contributed by atoms with van der Waals surface area (Å²) in [5.74, 6) is 1.05. The Hall–Kier alpha value is -0.320. The molecule has 1 amide bonds. The van der Waals surface area contributed by atoms with Gasteiger partial charge in [-0.25, -0.2) is 0 Å². The molecule has 0 aliphatic carbocycles. The standard InChI is InChI=1S/C15H29N3O.ClH/c1-12(2)18-14(19)10-17(11-15(18,3)4)9-13-5-7-16-8-6-13;/h12-13,16H,5-11H2,1-4H3;1H. The molecule has 1 N–H and O–H groups in total. The molecule has 2 aliphatic heterocycles. The molecule has 0 saturated carbocycles. The first-order valence-corrected chi connectivity index (χ1v) is 7.65. The van der Waals surface area contributed by atoms with Crippen molar-refractivity contribution in [1.29, 1.82) is 0 Å². The number of carbonyl (C=O) groups excluding carboxylic acids is 1. The second-order valence-corrected chi connectivity index (χ2v) is 7.03. The second kappa shape index (κ2) is 7.10. The first-order chi connectivity index (χ1) is 8.90. The molecule has 0 radical (unpaired) electrons. The molecule has 2 rings (SSSR count). The van der Waals surface area contributed by atoms with E-state index in [9.17, 15) is 4.79 Å². The van der Waals surface area contributed by atoms with Crippen LogP contribution in [0.2, 0.25) is 0 Å². The highest BCUT2D eigenvalue weighted by Crippen LogP contribution is 2.25. The smallest absolute Gasteiger partial charge is 0.237 e. The van der Waals surface area contributed by atoms with Crippen molar-refractivity contribution in [2.75, 3.05) is 32.7 Å². The number of rotatable bonds is 3. The lowest BCUT2D eigenvalue weighted by molar-refractivity contribution is -0.148. The van der Waals surface area contributed by atoms with Crippen LogP contribution in [0.25, 0.3) is 0 Å². The molecule has 2 saturated heterocycles. The van der Waals surface area contributed by atoms with E-state index in [-0.39, 0.29) is 17.9 Å². The van der Waals surface area contributed by atoms with Crippen LogP contribution in [-0.2, 0) is 4.79 Å². The van der Waals surface area contributed by atoms with Crippen molar-refractivity contribution in [3.05, 3.63) is 0 Å². The van der Waals surface area contributed by atoms with Crippen LogP contribution in [0.15, 0.2) is 0 Å². The van der Waals surface area contributed by atoms with Gasteiger partial charge in [0.1, 0.15) is 0 Å². The zero-order valence-electron chi connectivity index (χ0n) is 13.3. The Balaban J connectivity index is 0.00000200. The van der Waals surface area contributed by atoms with Crippen molar-refractivity contribution in [3.63, 3.8) is 0 Å². The van der Waals surface area contributed by atoms with Crippen molar-refractivity contribution in [3.8, 4) is 0 Å². The summed E-state index contributed by atoms with van der Waals surface area (Å²) >= 11 is 0. The van der Waals surface area contributed by atoms with E-state index in [1.165, 1.54) is 12.8 Å². The normalized spacial score (nSPS) is 24.9. The van der Waals surface area contributed by atoms with Gasteiger partial charge in [0.05, 0.1) is 12.1 Å². The molecule has 2 aliphatic rings. The Labute approximate surface area is 129 Å². The van der Waals surface area contributed by atoms with Gasteiger partial charge < -0.3 is 10.2 Å². The maximum atomic E-state index is 12.4. The summed E-state index contributed by atoms with van der Waals surface area (Å²) in [6.45, 7) is 13.6. The molecule has 0 bridgehead atoms. The molecule has 2 heterocycles. The molecule has 0 spiro atoms. The van der Waals surface area contributed by atoms with Crippen LogP contribution in [-0.4, -0.2) is 60.0 Å². The molecule has 0 unspecified atom stereocenters. The van der Waals surface area contributed by atoms with Crippen molar-refractivity contribution in [1.82, 2.24) is 15.1 Å². The lowest BCUT2D eigenvalue weighted by Gasteiger charge is -2.49. The van der Waals surface area contributed by atoms with Gasteiger partial charge in [-0.3, -0.25) is 9.69 Å². The van der Waals surface area contributed by atoms with Gasteiger partial charge in [-0.15, -0.1) is 12.4 Å². The summed E-state index contributed by atoms with van der Waals surface area (Å²) in [4.78, 5) is 16.8. The number of nitrogens with one attached hydrogen (secondary N) is 1. The quantitative estimate of drug-likeness (QED) is 0.863. The van der Waals surface area contributed by atoms with Gasteiger partial charge in [-0.05, 0) is 59.5 Å². The first-order valence-electron chi connectivity index (χ1n) is 7.65. The fourth-order valence-electron chi connectivity index (χ4n) is 3.83. The molecule has 4 nitrogen and oxygen atoms in total. The van der Waals surface area contributed by atoms with Crippen LogP contribution in [0.3, 0.4) is 0 Å². The summed E-state index contributed by atoms with van der Waals surface area (Å²) in [6, 6.07) is 0.295. The highest BCUT2D eigenvalue weighted by atomic mass is 35.5. The highest BCUT2D eigenvalue weighted by molar-refractivity contribution is 5.85. The minimum Gasteiger partial charge on any atom is -0.333 e. The number of hydrogen-bond acceptors (Lipinski definition) is 3. The van der Waals surface area contributed by atoms with Crippen molar-refractivity contribution in [2.45, 2.75) is 52.1 Å². The van der Waals surface area contributed by atoms with Gasteiger partial charge in [0, 0.05) is 19.1 Å². The molecule has 0 atom stereocenters. The number of piperazine rings is 1. The summed E-state index contributed by atoms with van der Waals surface area (Å²) in [5, 5.41) is 3.41. The fraction of sp³-hybridized carbons (Fsp3) is 0.933. The Bertz CT molecular complexity index is 327. The van der Waals surface area contributed by atoms with Crippen LogP contribution in [0.4, 0.5) is 0 Å². The number of nitrogens with zero attached hydrogens (tertiary/aromatic N) is 2. The van der Waals surface area contributed by atoms with Gasteiger partial charge in [0.25, 0.3) is 0 Å². The Morgan fingerprint density at radius 3 is 2.40 bits per heavy atom. The number of hydrogen-bond donors (Lipinski definition) is 1. The molecule has 20 heavy (non-hydrogen) atoms. The van der Waals surface area contributed by atoms with E-state index >= 15 is 0 Å². The fourth-order valence-corrected chi connectivity index (χ4v) is 3.83. The van der Waals surface area contributed by atoms with E-state index in [0.717, 1.165) is 32.1 Å². The average Bonchev–Trinajstić information content (AvgIpc) is 2.27. The van der Waals surface area contributed by atoms with Crippen LogP contribution in [0.1, 0.15) is 40.5 Å². The number of carbonyl (C=O) groups is 1. The number of amides is 1. The summed E-state index contributed by atoms with van der Waals surface area (Å²) in [7, 11) is 0. The van der Waals surface area contributed by atoms with E-state index in [1.54, 1.807) is 0 Å². The maximum Gasteiger partial charge on any atom is 0.237 e. The van der Waals surface area contributed by atoms with Gasteiger partial charge in [0.15, 0.2) is 0 Å². The second-order valence-electron chi connectivity index (χ2n) is 7.03. The third-order valence-corrected chi connectivity index (χ3v) is 4.38. The zero-order valence-corrected chi connectivity index (χ0v) is 14.1. The lowest BCUT2D eigenvalue weighted by atomic mass is 9.93. The SMILES string of the molecule is CC(C)N1C(=O)CN(CC2CCNCC2)CC1(C)C.Cl. The topological polar surface area (TPSA) is 35.6 Å². The third-order valence-electron chi connectivity index (χ3n) is 4.38. The van der Waals surface area contributed by atoms with E-state index in [4.69, 9.17) is 0 Å². The van der Waals surface area contributed by atoms with E-state index in [0.29, 0.717) is 18.5 Å². The number of piperidine rings is 1. The lowest BCUT2D eigenvalue weighted by Crippen LogP contribution is -2.64. The van der Waals surface area contributed by atoms with Gasteiger partial charge in [0.2, 0.25) is 5.91 Å². The van der Waals surface area contributed by atoms with Crippen molar-refractivity contribution >= 4 is 18.3 Å². The summed E-state index contributed by atoms with van der Waals surface area (Å²) in [6.07, 6.45) is 2.50. The zero-order chi connectivity index (χ0) is 14.0. The minimum absolute atomic E-state index is 0. The molecule has 2 fully saturated rings. The van der Waals surface area contributed by atoms with Crippen LogP contribution in [0, 0.1) is 5.92 Å². The molecule has 0 aromatic carbocycles. The monoisotopic (exact) mass is 303 g/mol. The third kappa shape index (κ3) is 4.09. The predicted molar refractivity (Wildman–Crippen MR) is 85.3 cm³/mol. The van der Waals surface area contributed by atoms with Gasteiger partial charge in [-0.1, -0.05) is 0 Å². The molecular formula is C15H30ClN3O. The van der Waals surface area contributed by atoms with Crippen LogP contribution >= 0.6 is 12.4 Å². The molecule has 0 aromatic heterocycles. The maximum absolute atomic E-state index is 12.4. The van der Waals surface area contributed by atoms with Crippen LogP contribution < -0.4 is 5.32 Å². The first kappa shape index (κ1) is 17.7. The van der Waals surface area contributed by atoms with Crippen molar-refractivity contribution in [2.24, 2.45) is 5.92 Å². The summed E-state index contributed by atoms with van der Waals surface area (Å²) in [5.41, 5.74) is -0.0452. The van der Waals surface area contributed by atoms with E-state index < -0.39 is 0 Å². The molecule has 0 aromatic rings. The number of halogens is 1. The Kier molecular flexibility index (Phi) is 6.29. The Morgan fingerprint density at radius 2 is 1.90 bits per heavy atom. The van der Waals surface area contributed by atoms with E-state index in [2.05, 4.69) is 42.8 Å². The summed E-state index contributed by atoms with van der Waals surface area (Å²) < 4.78 is 0. The minimum atomic E-state index is -0.0452. The van der Waals surface area contributed by atoms with Gasteiger partial charge in [-0.2, -0.15) is 0 Å². The van der Waals surface area contributed by atoms with Crippen LogP contribution in [0.5, 0.6) is 0 Å². The Morgan fingerprint density at radius 1 is 1.30 bits per heavy atom. The predicted octanol–water partition coefficient (Wildman–Crippen LogP) is 1.74. The molecule has 5 heteroatoms. The van der Waals surface area contributed by atoms with Gasteiger partial charge >= 0.3 is 0 Å². The highest BCUT2D eigenvalue weighted by Gasteiger charge is 2.40. The molecular weight excluding hydrogens is 274 g/mol. The van der Waals surface area contributed by atoms with Crippen molar-refractivity contribution < 1.29 is 4.79 Å². The van der Waals surface area contributed by atoms with E-state index in [1.807, 2.05) is 0 Å². The average molecular weight is 304 g/mol. The largest absolute Gasteiger partial charge is 0.333 e.